The molecular formula is C21H19N5O. The van der Waals surface area contributed by atoms with Gasteiger partial charge in [-0.3, -0.25) is 4.79 Å². The maximum absolute atomic E-state index is 12.2. The molecule has 2 heterocycles. The predicted molar refractivity (Wildman–Crippen MR) is 103 cm³/mol. The lowest BCUT2D eigenvalue weighted by Gasteiger charge is -2.10. The number of pyridine rings is 1. The van der Waals surface area contributed by atoms with E-state index < -0.39 is 0 Å². The summed E-state index contributed by atoms with van der Waals surface area (Å²) in [6.07, 6.45) is 4.81. The largest absolute Gasteiger partial charge is 0.396 e. The first-order valence-corrected chi connectivity index (χ1v) is 8.89. The second kappa shape index (κ2) is 6.96. The minimum absolute atomic E-state index is 0.120. The summed E-state index contributed by atoms with van der Waals surface area (Å²) in [5.74, 6) is 0.361. The third-order valence-electron chi connectivity index (χ3n) is 4.85. The van der Waals surface area contributed by atoms with E-state index in [0.29, 0.717) is 23.6 Å². The van der Waals surface area contributed by atoms with Gasteiger partial charge in [-0.1, -0.05) is 30.3 Å². The highest BCUT2D eigenvalue weighted by molar-refractivity contribution is 5.91. The highest BCUT2D eigenvalue weighted by Gasteiger charge is 2.25. The van der Waals surface area contributed by atoms with Crippen molar-refractivity contribution in [3.05, 3.63) is 71.2 Å². The average molecular weight is 357 g/mol. The number of nitriles is 1. The van der Waals surface area contributed by atoms with Gasteiger partial charge in [-0.25, -0.2) is 4.98 Å². The van der Waals surface area contributed by atoms with Gasteiger partial charge in [0.1, 0.15) is 17.6 Å². The Labute approximate surface area is 157 Å². The van der Waals surface area contributed by atoms with Crippen LogP contribution in [-0.4, -0.2) is 15.5 Å². The van der Waals surface area contributed by atoms with Crippen LogP contribution >= 0.6 is 0 Å². The Morgan fingerprint density at radius 1 is 1.22 bits per heavy atom. The summed E-state index contributed by atoms with van der Waals surface area (Å²) in [6.45, 7) is 0. The lowest BCUT2D eigenvalue weighted by molar-refractivity contribution is -0.115. The van der Waals surface area contributed by atoms with Crippen LogP contribution in [-0.2, 0) is 24.1 Å². The molecule has 2 aromatic heterocycles. The number of nitrogens with zero attached hydrogens (tertiary/aromatic N) is 3. The summed E-state index contributed by atoms with van der Waals surface area (Å²) in [5.41, 5.74) is 11.1. The van der Waals surface area contributed by atoms with E-state index in [1.807, 2.05) is 41.0 Å². The molecule has 0 spiro atoms. The van der Waals surface area contributed by atoms with E-state index in [1.165, 1.54) is 0 Å². The smallest absolute Gasteiger partial charge is 0.229 e. The Kier molecular flexibility index (Phi) is 4.35. The van der Waals surface area contributed by atoms with E-state index in [9.17, 15) is 10.1 Å². The first-order valence-electron chi connectivity index (χ1n) is 8.89. The average Bonchev–Trinajstić information content (AvgIpc) is 3.25. The minimum Gasteiger partial charge on any atom is -0.396 e. The van der Waals surface area contributed by atoms with Crippen LogP contribution < -0.4 is 11.1 Å². The summed E-state index contributed by atoms with van der Waals surface area (Å²) < 4.78 is 1.89. The monoisotopic (exact) mass is 357 g/mol. The van der Waals surface area contributed by atoms with Gasteiger partial charge in [-0.05, 0) is 42.5 Å². The van der Waals surface area contributed by atoms with Crippen molar-refractivity contribution in [3.8, 4) is 11.8 Å². The molecule has 0 aliphatic heterocycles. The highest BCUT2D eigenvalue weighted by Crippen LogP contribution is 2.34. The molecule has 6 nitrogen and oxygen atoms in total. The van der Waals surface area contributed by atoms with Crippen LogP contribution in [0.15, 0.2) is 48.7 Å². The van der Waals surface area contributed by atoms with Crippen molar-refractivity contribution < 1.29 is 4.79 Å². The fourth-order valence-corrected chi connectivity index (χ4v) is 3.62. The van der Waals surface area contributed by atoms with Crippen molar-refractivity contribution in [1.82, 2.24) is 9.55 Å². The van der Waals surface area contributed by atoms with Gasteiger partial charge in [0.2, 0.25) is 5.91 Å². The SMILES string of the molecule is N#Cc1c(N)c2c(n1-c1ccc(NC(=O)Cc3ccccc3)nc1)CCC2. The van der Waals surface area contributed by atoms with E-state index >= 15 is 0 Å². The van der Waals surface area contributed by atoms with Crippen LogP contribution in [0.1, 0.15) is 28.9 Å². The van der Waals surface area contributed by atoms with Crippen LogP contribution in [0.5, 0.6) is 0 Å². The molecule has 1 aromatic carbocycles. The number of anilines is 2. The summed E-state index contributed by atoms with van der Waals surface area (Å²) >= 11 is 0. The number of amides is 1. The third kappa shape index (κ3) is 3.15. The van der Waals surface area contributed by atoms with Crippen molar-refractivity contribution >= 4 is 17.4 Å². The second-order valence-corrected chi connectivity index (χ2v) is 6.60. The molecule has 0 atom stereocenters. The van der Waals surface area contributed by atoms with E-state index in [2.05, 4.69) is 16.4 Å². The number of nitrogens with one attached hydrogen (secondary N) is 1. The Morgan fingerprint density at radius 3 is 2.74 bits per heavy atom. The molecule has 0 radical (unpaired) electrons. The second-order valence-electron chi connectivity index (χ2n) is 6.60. The molecule has 0 unspecified atom stereocenters. The van der Waals surface area contributed by atoms with Crippen LogP contribution in [0.2, 0.25) is 0 Å². The van der Waals surface area contributed by atoms with Crippen molar-refractivity contribution in [2.75, 3.05) is 11.1 Å². The summed E-state index contributed by atoms with van der Waals surface area (Å²) in [5, 5.41) is 12.3. The molecule has 27 heavy (non-hydrogen) atoms. The van der Waals surface area contributed by atoms with E-state index in [0.717, 1.165) is 41.8 Å². The zero-order valence-electron chi connectivity index (χ0n) is 14.8. The normalized spacial score (nSPS) is 12.4. The summed E-state index contributed by atoms with van der Waals surface area (Å²) in [7, 11) is 0. The molecule has 0 fully saturated rings. The number of carbonyl (C=O) groups is 1. The Hall–Kier alpha value is -3.59. The fraction of sp³-hybridized carbons (Fsp3) is 0.190. The number of nitrogens with two attached hydrogens (primary N) is 1. The molecule has 3 N–H and O–H groups in total. The predicted octanol–water partition coefficient (Wildman–Crippen LogP) is 3.00. The van der Waals surface area contributed by atoms with Crippen molar-refractivity contribution in [3.63, 3.8) is 0 Å². The third-order valence-corrected chi connectivity index (χ3v) is 4.85. The summed E-state index contributed by atoms with van der Waals surface area (Å²) in [4.78, 5) is 16.5. The number of hydrogen-bond acceptors (Lipinski definition) is 4. The highest BCUT2D eigenvalue weighted by atomic mass is 16.1. The van der Waals surface area contributed by atoms with Gasteiger partial charge in [0.05, 0.1) is 24.0 Å². The quantitative estimate of drug-likeness (QED) is 0.750. The van der Waals surface area contributed by atoms with Gasteiger partial charge >= 0.3 is 0 Å². The summed E-state index contributed by atoms with van der Waals surface area (Å²) in [6, 6.07) is 15.4. The molecule has 1 aliphatic carbocycles. The molecule has 1 amide bonds. The Bertz CT molecular complexity index is 1030. The van der Waals surface area contributed by atoms with E-state index in [-0.39, 0.29) is 5.91 Å². The number of benzene rings is 1. The Morgan fingerprint density at radius 2 is 2.04 bits per heavy atom. The maximum atomic E-state index is 12.2. The van der Waals surface area contributed by atoms with Gasteiger partial charge in [0.15, 0.2) is 0 Å². The van der Waals surface area contributed by atoms with E-state index in [1.54, 1.807) is 12.3 Å². The first kappa shape index (κ1) is 16.9. The molecule has 1 aliphatic rings. The van der Waals surface area contributed by atoms with Gasteiger partial charge in [-0.15, -0.1) is 0 Å². The lowest BCUT2D eigenvalue weighted by Crippen LogP contribution is -2.15. The van der Waals surface area contributed by atoms with Crippen LogP contribution in [0.3, 0.4) is 0 Å². The zero-order valence-corrected chi connectivity index (χ0v) is 14.8. The van der Waals surface area contributed by atoms with Crippen LogP contribution in [0.25, 0.3) is 5.69 Å². The van der Waals surface area contributed by atoms with Gasteiger partial charge in [-0.2, -0.15) is 5.26 Å². The van der Waals surface area contributed by atoms with Crippen molar-refractivity contribution in [2.24, 2.45) is 0 Å². The number of carbonyl (C=O) groups excluding carboxylic acids is 1. The number of hydrogen-bond donors (Lipinski definition) is 2. The van der Waals surface area contributed by atoms with Crippen molar-refractivity contribution in [2.45, 2.75) is 25.7 Å². The Balaban J connectivity index is 1.54. The number of fused-ring (bicyclic) bond motifs is 1. The zero-order chi connectivity index (χ0) is 18.8. The molecule has 4 rings (SSSR count). The topological polar surface area (TPSA) is 96.7 Å². The molecule has 134 valence electrons. The maximum Gasteiger partial charge on any atom is 0.229 e. The van der Waals surface area contributed by atoms with Gasteiger partial charge in [0.25, 0.3) is 0 Å². The molecule has 3 aromatic rings. The van der Waals surface area contributed by atoms with E-state index in [4.69, 9.17) is 5.73 Å². The molecule has 0 saturated carbocycles. The number of nitrogen functional groups attached to an aromatic ring is 1. The first-order chi connectivity index (χ1) is 13.2. The standard InChI is InChI=1S/C21H19N5O/c22-12-18-21(23)16-7-4-8-17(16)26(18)15-9-10-19(24-13-15)25-20(27)11-14-5-2-1-3-6-14/h1-3,5-6,9-10,13H,4,7-8,11,23H2,(H,24,25,27). The fourth-order valence-electron chi connectivity index (χ4n) is 3.62. The number of aromatic nitrogens is 2. The van der Waals surface area contributed by atoms with Gasteiger partial charge < -0.3 is 15.6 Å². The minimum atomic E-state index is -0.120. The molecule has 0 bridgehead atoms. The number of rotatable bonds is 4. The van der Waals surface area contributed by atoms with Gasteiger partial charge in [0, 0.05) is 5.69 Å². The lowest BCUT2D eigenvalue weighted by atomic mass is 10.1. The van der Waals surface area contributed by atoms with Crippen molar-refractivity contribution in [1.29, 1.82) is 5.26 Å². The molecular weight excluding hydrogens is 338 g/mol. The molecule has 0 saturated heterocycles. The van der Waals surface area contributed by atoms with Crippen LogP contribution in [0.4, 0.5) is 11.5 Å². The van der Waals surface area contributed by atoms with Crippen LogP contribution in [0, 0.1) is 11.3 Å². The molecule has 6 heteroatoms.